The lowest BCUT2D eigenvalue weighted by Crippen LogP contribution is -2.39. The molecule has 1 fully saturated rings. The molecule has 1 aliphatic rings. The molecule has 0 aliphatic heterocycles. The predicted molar refractivity (Wildman–Crippen MR) is 98.1 cm³/mol. The van der Waals surface area contributed by atoms with E-state index in [1.165, 1.54) is 24.8 Å². The molecule has 134 valence electrons. The highest BCUT2D eigenvalue weighted by molar-refractivity contribution is 5.76. The summed E-state index contributed by atoms with van der Waals surface area (Å²) in [5.74, 6) is 1.13. The predicted octanol–water partition coefficient (Wildman–Crippen LogP) is 3.39. The van der Waals surface area contributed by atoms with Crippen LogP contribution in [0.15, 0.2) is 24.3 Å². The minimum atomic E-state index is 0.0551. The van der Waals surface area contributed by atoms with Crippen molar-refractivity contribution in [3.63, 3.8) is 0 Å². The average molecular weight is 332 g/mol. The first-order valence-corrected chi connectivity index (χ1v) is 9.15. The number of nitrogens with zero attached hydrogens (tertiary/aromatic N) is 1. The van der Waals surface area contributed by atoms with Crippen LogP contribution in [0.1, 0.15) is 50.5 Å². The van der Waals surface area contributed by atoms with E-state index in [1.54, 1.807) is 7.11 Å². The highest BCUT2D eigenvalue weighted by atomic mass is 16.5. The zero-order valence-corrected chi connectivity index (χ0v) is 15.2. The zero-order valence-electron chi connectivity index (χ0n) is 15.2. The van der Waals surface area contributed by atoms with Gasteiger partial charge in [0.2, 0.25) is 5.91 Å². The summed E-state index contributed by atoms with van der Waals surface area (Å²) in [5, 5.41) is 0. The zero-order chi connectivity index (χ0) is 17.4. The van der Waals surface area contributed by atoms with E-state index in [4.69, 9.17) is 10.5 Å². The lowest BCUT2D eigenvalue weighted by molar-refractivity contribution is -0.133. The van der Waals surface area contributed by atoms with E-state index >= 15 is 0 Å². The molecule has 0 bridgehead atoms. The summed E-state index contributed by atoms with van der Waals surface area (Å²) in [7, 11) is 3.60. The second kappa shape index (κ2) is 9.07. The van der Waals surface area contributed by atoms with Crippen molar-refractivity contribution < 1.29 is 9.53 Å². The van der Waals surface area contributed by atoms with Gasteiger partial charge >= 0.3 is 0 Å². The van der Waals surface area contributed by atoms with Crippen molar-refractivity contribution in [2.45, 2.75) is 51.4 Å². The maximum Gasteiger partial charge on any atom is 0.222 e. The van der Waals surface area contributed by atoms with Crippen molar-refractivity contribution in [2.75, 3.05) is 27.2 Å². The normalized spacial score (nSPS) is 16.6. The molecular formula is C20H32N2O2. The van der Waals surface area contributed by atoms with E-state index in [9.17, 15) is 4.79 Å². The lowest BCUT2D eigenvalue weighted by atomic mass is 9.71. The molecule has 4 heteroatoms. The Hall–Kier alpha value is -1.55. The minimum Gasteiger partial charge on any atom is -0.497 e. The summed E-state index contributed by atoms with van der Waals surface area (Å²) >= 11 is 0. The van der Waals surface area contributed by atoms with Crippen LogP contribution in [0.4, 0.5) is 0 Å². The fourth-order valence-corrected chi connectivity index (χ4v) is 3.65. The Balaban J connectivity index is 1.76. The Labute approximate surface area is 146 Å². The van der Waals surface area contributed by atoms with E-state index in [1.807, 2.05) is 24.1 Å². The van der Waals surface area contributed by atoms with Gasteiger partial charge in [0.1, 0.15) is 5.75 Å². The number of rotatable bonds is 8. The summed E-state index contributed by atoms with van der Waals surface area (Å²) in [6.07, 6.45) is 8.49. The van der Waals surface area contributed by atoms with Gasteiger partial charge in [-0.25, -0.2) is 0 Å². The molecule has 1 aromatic rings. The molecule has 24 heavy (non-hydrogen) atoms. The Morgan fingerprint density at radius 2 is 1.88 bits per heavy atom. The van der Waals surface area contributed by atoms with Gasteiger partial charge in [-0.3, -0.25) is 4.79 Å². The summed E-state index contributed by atoms with van der Waals surface area (Å²) in [4.78, 5) is 14.4. The largest absolute Gasteiger partial charge is 0.497 e. The smallest absolute Gasteiger partial charge is 0.222 e. The summed E-state index contributed by atoms with van der Waals surface area (Å²) in [6.45, 7) is 1.43. The van der Waals surface area contributed by atoms with Gasteiger partial charge in [0, 0.05) is 20.0 Å². The number of benzene rings is 1. The van der Waals surface area contributed by atoms with Crippen LogP contribution in [-0.4, -0.2) is 38.1 Å². The van der Waals surface area contributed by atoms with Crippen LogP contribution in [-0.2, 0) is 11.2 Å². The molecule has 0 aromatic heterocycles. The molecule has 0 radical (unpaired) electrons. The molecule has 1 aromatic carbocycles. The molecule has 1 saturated carbocycles. The van der Waals surface area contributed by atoms with Crippen LogP contribution < -0.4 is 10.5 Å². The van der Waals surface area contributed by atoms with Gasteiger partial charge in [-0.1, -0.05) is 31.4 Å². The van der Waals surface area contributed by atoms with Crippen LogP contribution in [0.25, 0.3) is 0 Å². The highest BCUT2D eigenvalue weighted by Crippen LogP contribution is 2.38. The fourth-order valence-electron chi connectivity index (χ4n) is 3.65. The first-order valence-electron chi connectivity index (χ1n) is 9.15. The van der Waals surface area contributed by atoms with Gasteiger partial charge < -0.3 is 15.4 Å². The molecule has 0 saturated heterocycles. The van der Waals surface area contributed by atoms with Gasteiger partial charge in [0.05, 0.1) is 7.11 Å². The Bertz CT molecular complexity index is 507. The Morgan fingerprint density at radius 3 is 2.46 bits per heavy atom. The van der Waals surface area contributed by atoms with Crippen LogP contribution in [0.5, 0.6) is 5.75 Å². The standard InChI is InChI=1S/C20H32N2O2/c1-22(14-6-7-17-8-10-18(24-2)11-9-17)19(23)15-20(16-21)12-4-3-5-13-20/h8-11H,3-7,12-16,21H2,1-2H3. The van der Waals surface area contributed by atoms with E-state index < -0.39 is 0 Å². The fraction of sp³-hybridized carbons (Fsp3) is 0.650. The second-order valence-electron chi connectivity index (χ2n) is 7.21. The van der Waals surface area contributed by atoms with Crippen LogP contribution in [0.2, 0.25) is 0 Å². The molecule has 0 atom stereocenters. The topological polar surface area (TPSA) is 55.6 Å². The van der Waals surface area contributed by atoms with E-state index in [0.717, 1.165) is 38.0 Å². The third-order valence-electron chi connectivity index (χ3n) is 5.42. The Morgan fingerprint density at radius 1 is 1.21 bits per heavy atom. The van der Waals surface area contributed by atoms with Gasteiger partial charge in [-0.05, 0) is 55.3 Å². The number of carbonyl (C=O) groups excluding carboxylic acids is 1. The number of amides is 1. The van der Waals surface area contributed by atoms with Crippen molar-refractivity contribution in [1.29, 1.82) is 0 Å². The highest BCUT2D eigenvalue weighted by Gasteiger charge is 2.33. The second-order valence-corrected chi connectivity index (χ2v) is 7.21. The molecule has 4 nitrogen and oxygen atoms in total. The van der Waals surface area contributed by atoms with Gasteiger partial charge in [0.25, 0.3) is 0 Å². The van der Waals surface area contributed by atoms with E-state index in [2.05, 4.69) is 12.1 Å². The monoisotopic (exact) mass is 332 g/mol. The van der Waals surface area contributed by atoms with Crippen molar-refractivity contribution in [2.24, 2.45) is 11.1 Å². The summed E-state index contributed by atoms with van der Waals surface area (Å²) in [5.41, 5.74) is 7.34. The molecular weight excluding hydrogens is 300 g/mol. The van der Waals surface area contributed by atoms with Crippen LogP contribution >= 0.6 is 0 Å². The Kier molecular flexibility index (Phi) is 7.10. The molecule has 0 heterocycles. The van der Waals surface area contributed by atoms with Crippen LogP contribution in [0.3, 0.4) is 0 Å². The van der Waals surface area contributed by atoms with Crippen molar-refractivity contribution in [3.8, 4) is 5.75 Å². The molecule has 0 spiro atoms. The molecule has 0 unspecified atom stereocenters. The quantitative estimate of drug-likeness (QED) is 0.794. The maximum atomic E-state index is 12.6. The first kappa shape index (κ1) is 18.8. The number of ether oxygens (including phenoxy) is 1. The van der Waals surface area contributed by atoms with Gasteiger partial charge in [0.15, 0.2) is 0 Å². The van der Waals surface area contributed by atoms with Crippen LogP contribution in [0, 0.1) is 5.41 Å². The minimum absolute atomic E-state index is 0.0551. The van der Waals surface area contributed by atoms with Crippen molar-refractivity contribution in [3.05, 3.63) is 29.8 Å². The summed E-state index contributed by atoms with van der Waals surface area (Å²) in [6, 6.07) is 8.15. The number of hydrogen-bond acceptors (Lipinski definition) is 3. The van der Waals surface area contributed by atoms with Crippen molar-refractivity contribution in [1.82, 2.24) is 4.90 Å². The number of hydrogen-bond donors (Lipinski definition) is 1. The third kappa shape index (κ3) is 5.23. The van der Waals surface area contributed by atoms with Gasteiger partial charge in [-0.15, -0.1) is 0 Å². The number of aryl methyl sites for hydroxylation is 1. The SMILES string of the molecule is COc1ccc(CCCN(C)C(=O)CC2(CN)CCCCC2)cc1. The first-order chi connectivity index (χ1) is 11.6. The van der Waals surface area contributed by atoms with E-state index in [-0.39, 0.29) is 11.3 Å². The molecule has 1 amide bonds. The number of carbonyl (C=O) groups is 1. The third-order valence-corrected chi connectivity index (χ3v) is 5.42. The number of methoxy groups -OCH3 is 1. The molecule has 1 aliphatic carbocycles. The molecule has 2 N–H and O–H groups in total. The maximum absolute atomic E-state index is 12.6. The molecule has 2 rings (SSSR count). The summed E-state index contributed by atoms with van der Waals surface area (Å²) < 4.78 is 5.17. The lowest BCUT2D eigenvalue weighted by Gasteiger charge is -2.36. The average Bonchev–Trinajstić information content (AvgIpc) is 2.63. The van der Waals surface area contributed by atoms with Crippen molar-refractivity contribution >= 4 is 5.91 Å². The van der Waals surface area contributed by atoms with E-state index in [0.29, 0.717) is 13.0 Å². The number of nitrogens with two attached hydrogens (primary N) is 1. The van der Waals surface area contributed by atoms with Gasteiger partial charge in [-0.2, -0.15) is 0 Å².